The number of alkyl halides is 1. The van der Waals surface area contributed by atoms with Crippen molar-refractivity contribution < 1.29 is 14.3 Å². The third-order valence-corrected chi connectivity index (χ3v) is 2.65. The predicted molar refractivity (Wildman–Crippen MR) is 55.3 cm³/mol. The third-order valence-electron chi connectivity index (χ3n) is 2.65. The van der Waals surface area contributed by atoms with Gasteiger partial charge >= 0.3 is 0 Å². The van der Waals surface area contributed by atoms with Gasteiger partial charge < -0.3 is 10.0 Å². The van der Waals surface area contributed by atoms with Gasteiger partial charge in [0.05, 0.1) is 6.67 Å². The van der Waals surface area contributed by atoms with Crippen molar-refractivity contribution in [2.75, 3.05) is 39.4 Å². The SMILES string of the molecule is CC(O)C(=O)N1CCN(CCCF)CC1. The summed E-state index contributed by atoms with van der Waals surface area (Å²) in [5.74, 6) is -0.208. The molecule has 88 valence electrons. The van der Waals surface area contributed by atoms with E-state index in [1.807, 2.05) is 0 Å². The van der Waals surface area contributed by atoms with Crippen molar-refractivity contribution in [2.24, 2.45) is 0 Å². The Balaban J connectivity index is 2.26. The van der Waals surface area contributed by atoms with E-state index in [4.69, 9.17) is 5.11 Å². The molecule has 0 aromatic carbocycles. The van der Waals surface area contributed by atoms with Crippen LogP contribution in [0.25, 0.3) is 0 Å². The topological polar surface area (TPSA) is 43.8 Å². The van der Waals surface area contributed by atoms with Crippen LogP contribution < -0.4 is 0 Å². The van der Waals surface area contributed by atoms with Crippen LogP contribution in [0, 0.1) is 0 Å². The van der Waals surface area contributed by atoms with Crippen LogP contribution in [-0.4, -0.2) is 66.3 Å². The second-order valence-electron chi connectivity index (χ2n) is 3.89. The Labute approximate surface area is 89.7 Å². The minimum Gasteiger partial charge on any atom is -0.384 e. The Bertz CT molecular complexity index is 204. The summed E-state index contributed by atoms with van der Waals surface area (Å²) in [6, 6.07) is 0. The van der Waals surface area contributed by atoms with Crippen molar-refractivity contribution in [3.05, 3.63) is 0 Å². The van der Waals surface area contributed by atoms with E-state index in [2.05, 4.69) is 4.90 Å². The van der Waals surface area contributed by atoms with Gasteiger partial charge in [-0.2, -0.15) is 0 Å². The molecule has 0 aliphatic carbocycles. The molecule has 0 aromatic rings. The number of nitrogens with zero attached hydrogens (tertiary/aromatic N) is 2. The Hall–Kier alpha value is -0.680. The molecule has 0 spiro atoms. The molecule has 4 nitrogen and oxygen atoms in total. The number of piperazine rings is 1. The third kappa shape index (κ3) is 3.76. The van der Waals surface area contributed by atoms with E-state index in [0.29, 0.717) is 19.5 Å². The van der Waals surface area contributed by atoms with Crippen LogP contribution in [-0.2, 0) is 4.79 Å². The Morgan fingerprint density at radius 1 is 1.40 bits per heavy atom. The van der Waals surface area contributed by atoms with E-state index < -0.39 is 6.10 Å². The van der Waals surface area contributed by atoms with E-state index in [-0.39, 0.29) is 12.6 Å². The highest BCUT2D eigenvalue weighted by Crippen LogP contribution is 2.04. The second-order valence-corrected chi connectivity index (χ2v) is 3.89. The largest absolute Gasteiger partial charge is 0.384 e. The highest BCUT2D eigenvalue weighted by atomic mass is 19.1. The van der Waals surface area contributed by atoms with Gasteiger partial charge in [0.1, 0.15) is 6.10 Å². The molecule has 1 aliphatic rings. The van der Waals surface area contributed by atoms with Crippen molar-refractivity contribution in [3.8, 4) is 0 Å². The predicted octanol–water partition coefficient (Wildman–Crippen LogP) is -0.129. The molecular formula is C10H19FN2O2. The van der Waals surface area contributed by atoms with Gasteiger partial charge in [-0.25, -0.2) is 0 Å². The lowest BCUT2D eigenvalue weighted by molar-refractivity contribution is -0.141. The van der Waals surface area contributed by atoms with Crippen LogP contribution >= 0.6 is 0 Å². The lowest BCUT2D eigenvalue weighted by atomic mass is 10.2. The summed E-state index contributed by atoms with van der Waals surface area (Å²) >= 11 is 0. The second kappa shape index (κ2) is 6.02. The van der Waals surface area contributed by atoms with Crippen LogP contribution in [0.1, 0.15) is 13.3 Å². The summed E-state index contributed by atoms with van der Waals surface area (Å²) in [4.78, 5) is 15.2. The fourth-order valence-electron chi connectivity index (χ4n) is 1.74. The fourth-order valence-corrected chi connectivity index (χ4v) is 1.74. The number of aliphatic hydroxyl groups excluding tert-OH is 1. The highest BCUT2D eigenvalue weighted by molar-refractivity contribution is 5.80. The van der Waals surface area contributed by atoms with Gasteiger partial charge in [0, 0.05) is 32.7 Å². The Morgan fingerprint density at radius 2 is 2.00 bits per heavy atom. The summed E-state index contributed by atoms with van der Waals surface area (Å²) in [6.45, 7) is 4.78. The lowest BCUT2D eigenvalue weighted by Gasteiger charge is -2.35. The van der Waals surface area contributed by atoms with Crippen molar-refractivity contribution in [1.29, 1.82) is 0 Å². The summed E-state index contributed by atoms with van der Waals surface area (Å²) in [6.07, 6.45) is -0.355. The van der Waals surface area contributed by atoms with Gasteiger partial charge in [-0.05, 0) is 13.3 Å². The molecule has 5 heteroatoms. The molecule has 15 heavy (non-hydrogen) atoms. The number of carbonyl (C=O) groups excluding carboxylic acids is 1. The van der Waals surface area contributed by atoms with Crippen LogP contribution in [0.4, 0.5) is 4.39 Å². The maximum atomic E-state index is 11.9. The molecule has 0 bridgehead atoms. The molecule has 0 aromatic heterocycles. The summed E-state index contributed by atoms with van der Waals surface area (Å²) < 4.78 is 11.9. The molecule has 1 saturated heterocycles. The monoisotopic (exact) mass is 218 g/mol. The minimum atomic E-state index is -0.914. The molecular weight excluding hydrogens is 199 g/mol. The zero-order valence-electron chi connectivity index (χ0n) is 9.15. The first-order chi connectivity index (χ1) is 7.15. The summed E-state index contributed by atoms with van der Waals surface area (Å²) in [7, 11) is 0. The number of aliphatic hydroxyl groups is 1. The zero-order chi connectivity index (χ0) is 11.3. The van der Waals surface area contributed by atoms with E-state index in [1.165, 1.54) is 6.92 Å². The molecule has 1 aliphatic heterocycles. The Kier molecular flexibility index (Phi) is 4.98. The molecule has 1 heterocycles. The maximum absolute atomic E-state index is 11.9. The summed E-state index contributed by atoms with van der Waals surface area (Å²) in [5.41, 5.74) is 0. The molecule has 1 rings (SSSR count). The van der Waals surface area contributed by atoms with Crippen molar-refractivity contribution in [1.82, 2.24) is 9.80 Å². The van der Waals surface area contributed by atoms with E-state index in [0.717, 1.165) is 19.6 Å². The first-order valence-corrected chi connectivity index (χ1v) is 5.40. The van der Waals surface area contributed by atoms with Crippen LogP contribution in [0.3, 0.4) is 0 Å². The zero-order valence-corrected chi connectivity index (χ0v) is 9.15. The highest BCUT2D eigenvalue weighted by Gasteiger charge is 2.23. The molecule has 1 amide bonds. The first-order valence-electron chi connectivity index (χ1n) is 5.40. The number of rotatable bonds is 4. The van der Waals surface area contributed by atoms with Crippen molar-refractivity contribution in [3.63, 3.8) is 0 Å². The van der Waals surface area contributed by atoms with E-state index >= 15 is 0 Å². The summed E-state index contributed by atoms with van der Waals surface area (Å²) in [5, 5.41) is 9.13. The van der Waals surface area contributed by atoms with Gasteiger partial charge in [-0.15, -0.1) is 0 Å². The van der Waals surface area contributed by atoms with E-state index in [9.17, 15) is 9.18 Å². The number of hydrogen-bond acceptors (Lipinski definition) is 3. The van der Waals surface area contributed by atoms with Crippen LogP contribution in [0.5, 0.6) is 0 Å². The van der Waals surface area contributed by atoms with Gasteiger partial charge in [-0.3, -0.25) is 14.1 Å². The van der Waals surface area contributed by atoms with Gasteiger partial charge in [-0.1, -0.05) is 0 Å². The van der Waals surface area contributed by atoms with Crippen molar-refractivity contribution in [2.45, 2.75) is 19.4 Å². The fraction of sp³-hybridized carbons (Fsp3) is 0.900. The quantitative estimate of drug-likeness (QED) is 0.715. The lowest BCUT2D eigenvalue weighted by Crippen LogP contribution is -2.51. The van der Waals surface area contributed by atoms with Gasteiger partial charge in [0.2, 0.25) is 0 Å². The number of hydrogen-bond donors (Lipinski definition) is 1. The average Bonchev–Trinajstić information content (AvgIpc) is 2.26. The molecule has 1 fully saturated rings. The minimum absolute atomic E-state index is 0.208. The van der Waals surface area contributed by atoms with Gasteiger partial charge in [0.25, 0.3) is 5.91 Å². The number of carbonyl (C=O) groups is 1. The van der Waals surface area contributed by atoms with Crippen LogP contribution in [0.2, 0.25) is 0 Å². The smallest absolute Gasteiger partial charge is 0.251 e. The standard InChI is InChI=1S/C10H19FN2O2/c1-9(14)10(15)13-7-5-12(6-8-13)4-2-3-11/h9,14H,2-8H2,1H3. The van der Waals surface area contributed by atoms with Gasteiger partial charge in [0.15, 0.2) is 0 Å². The molecule has 1 N–H and O–H groups in total. The van der Waals surface area contributed by atoms with Crippen LogP contribution in [0.15, 0.2) is 0 Å². The first kappa shape index (κ1) is 12.4. The van der Waals surface area contributed by atoms with Crippen molar-refractivity contribution >= 4 is 5.91 Å². The number of amides is 1. The molecule has 0 saturated carbocycles. The normalized spacial score (nSPS) is 20.3. The molecule has 0 radical (unpaired) electrons. The van der Waals surface area contributed by atoms with E-state index in [1.54, 1.807) is 4.90 Å². The Morgan fingerprint density at radius 3 is 2.47 bits per heavy atom. The maximum Gasteiger partial charge on any atom is 0.251 e. The number of halogens is 1. The molecule has 1 atom stereocenters. The average molecular weight is 218 g/mol. The molecule has 1 unspecified atom stereocenters.